The zero-order chi connectivity index (χ0) is 11.8. The van der Waals surface area contributed by atoms with Gasteiger partial charge < -0.3 is 5.73 Å². The molecule has 1 heterocycles. The molecule has 0 aromatic heterocycles. The Bertz CT molecular complexity index is 241. The first-order valence-electron chi connectivity index (χ1n) is 7.03. The molecule has 0 aromatic carbocycles. The summed E-state index contributed by atoms with van der Waals surface area (Å²) < 4.78 is 0. The summed E-state index contributed by atoms with van der Waals surface area (Å²) in [5, 5.41) is 0. The lowest BCUT2D eigenvalue weighted by molar-refractivity contribution is 0.0106. The molecule has 1 saturated carbocycles. The average Bonchev–Trinajstić information content (AvgIpc) is 2.69. The highest BCUT2D eigenvalue weighted by atomic mass is 15.2. The lowest BCUT2D eigenvalue weighted by atomic mass is 9.68. The van der Waals surface area contributed by atoms with Crippen LogP contribution in [-0.4, -0.2) is 30.1 Å². The highest BCUT2D eigenvalue weighted by molar-refractivity contribution is 5.01. The highest BCUT2D eigenvalue weighted by Crippen LogP contribution is 2.42. The molecule has 0 amide bonds. The van der Waals surface area contributed by atoms with Crippen molar-refractivity contribution in [1.29, 1.82) is 0 Å². The van der Waals surface area contributed by atoms with Gasteiger partial charge in [-0.25, -0.2) is 0 Å². The normalized spacial score (nSPS) is 46.1. The van der Waals surface area contributed by atoms with Gasteiger partial charge in [0.15, 0.2) is 0 Å². The smallest absolute Gasteiger partial charge is 0.0359 e. The van der Waals surface area contributed by atoms with Crippen molar-refractivity contribution in [3.8, 4) is 0 Å². The Labute approximate surface area is 101 Å². The minimum Gasteiger partial charge on any atom is -0.329 e. The maximum atomic E-state index is 6.17. The Balaban J connectivity index is 2.16. The number of hydrogen-bond acceptors (Lipinski definition) is 2. The fourth-order valence-corrected chi connectivity index (χ4v) is 3.90. The molecule has 1 aliphatic heterocycles. The molecule has 4 unspecified atom stereocenters. The van der Waals surface area contributed by atoms with Crippen LogP contribution in [0.5, 0.6) is 0 Å². The van der Waals surface area contributed by atoms with E-state index in [9.17, 15) is 0 Å². The Morgan fingerprint density at radius 2 is 1.88 bits per heavy atom. The molecular formula is C14H28N2. The number of hydrogen-bond donors (Lipinski definition) is 1. The van der Waals surface area contributed by atoms with E-state index in [4.69, 9.17) is 5.73 Å². The van der Waals surface area contributed by atoms with Crippen LogP contribution >= 0.6 is 0 Å². The summed E-state index contributed by atoms with van der Waals surface area (Å²) in [7, 11) is 0. The van der Waals surface area contributed by atoms with E-state index in [-0.39, 0.29) is 0 Å². The van der Waals surface area contributed by atoms with Crippen molar-refractivity contribution >= 4 is 0 Å². The number of rotatable bonds is 2. The zero-order valence-electron chi connectivity index (χ0n) is 11.2. The second-order valence-electron chi connectivity index (χ2n) is 6.44. The van der Waals surface area contributed by atoms with Gasteiger partial charge in [-0.15, -0.1) is 0 Å². The second kappa shape index (κ2) is 4.66. The largest absolute Gasteiger partial charge is 0.329 e. The molecule has 94 valence electrons. The predicted octanol–water partition coefficient (Wildman–Crippen LogP) is 2.48. The molecule has 0 bridgehead atoms. The minimum absolute atomic E-state index is 0.322. The van der Waals surface area contributed by atoms with Crippen LogP contribution < -0.4 is 5.73 Å². The van der Waals surface area contributed by atoms with E-state index in [1.807, 2.05) is 0 Å². The molecule has 0 aromatic rings. The molecule has 2 heteroatoms. The average molecular weight is 224 g/mol. The van der Waals surface area contributed by atoms with E-state index >= 15 is 0 Å². The Kier molecular flexibility index (Phi) is 3.60. The van der Waals surface area contributed by atoms with Gasteiger partial charge in [0, 0.05) is 18.6 Å². The molecule has 0 radical (unpaired) electrons. The predicted molar refractivity (Wildman–Crippen MR) is 69.3 cm³/mol. The highest BCUT2D eigenvalue weighted by Gasteiger charge is 2.45. The zero-order valence-corrected chi connectivity index (χ0v) is 11.2. The molecule has 4 atom stereocenters. The first-order valence-corrected chi connectivity index (χ1v) is 7.03. The number of likely N-dealkylation sites (tertiary alicyclic amines) is 1. The van der Waals surface area contributed by atoms with E-state index in [0.29, 0.717) is 5.54 Å². The van der Waals surface area contributed by atoms with Crippen molar-refractivity contribution in [2.75, 3.05) is 19.6 Å². The molecule has 2 fully saturated rings. The number of nitrogens with zero attached hydrogens (tertiary/aromatic N) is 1. The molecule has 2 rings (SSSR count). The van der Waals surface area contributed by atoms with Gasteiger partial charge in [-0.3, -0.25) is 4.90 Å². The van der Waals surface area contributed by atoms with Gasteiger partial charge in [-0.05, 0) is 43.6 Å². The second-order valence-corrected chi connectivity index (χ2v) is 6.44. The van der Waals surface area contributed by atoms with Crippen LogP contribution in [0.1, 0.15) is 46.5 Å². The van der Waals surface area contributed by atoms with Crippen LogP contribution in [0.3, 0.4) is 0 Å². The van der Waals surface area contributed by atoms with Crippen molar-refractivity contribution in [1.82, 2.24) is 4.90 Å². The monoisotopic (exact) mass is 224 g/mol. The summed E-state index contributed by atoms with van der Waals surface area (Å²) in [5.41, 5.74) is 6.50. The van der Waals surface area contributed by atoms with Crippen molar-refractivity contribution in [2.45, 2.75) is 52.0 Å². The maximum Gasteiger partial charge on any atom is 0.0359 e. The SMILES string of the molecule is CC1CCN(C2(CN)CC(C)CCC2C)C1. The lowest BCUT2D eigenvalue weighted by Gasteiger charge is -2.50. The van der Waals surface area contributed by atoms with E-state index in [1.54, 1.807) is 0 Å². The molecule has 0 spiro atoms. The summed E-state index contributed by atoms with van der Waals surface area (Å²) in [6.45, 7) is 10.6. The molecule has 1 aliphatic carbocycles. The van der Waals surface area contributed by atoms with Crippen LogP contribution in [0.2, 0.25) is 0 Å². The van der Waals surface area contributed by atoms with Crippen LogP contribution in [0.25, 0.3) is 0 Å². The van der Waals surface area contributed by atoms with Gasteiger partial charge in [-0.1, -0.05) is 27.2 Å². The summed E-state index contributed by atoms with van der Waals surface area (Å²) in [6, 6.07) is 0. The van der Waals surface area contributed by atoms with Crippen molar-refractivity contribution in [3.05, 3.63) is 0 Å². The first kappa shape index (κ1) is 12.4. The van der Waals surface area contributed by atoms with Gasteiger partial charge in [0.2, 0.25) is 0 Å². The standard InChI is InChI=1S/C14H28N2/c1-11-4-5-13(3)14(8-11,10-15)16-7-6-12(2)9-16/h11-13H,4-10,15H2,1-3H3. The number of nitrogens with two attached hydrogens (primary N) is 1. The summed E-state index contributed by atoms with van der Waals surface area (Å²) in [4.78, 5) is 2.72. The molecule has 2 aliphatic rings. The van der Waals surface area contributed by atoms with Crippen molar-refractivity contribution < 1.29 is 0 Å². The fourth-order valence-electron chi connectivity index (χ4n) is 3.90. The molecular weight excluding hydrogens is 196 g/mol. The van der Waals surface area contributed by atoms with E-state index in [2.05, 4.69) is 25.7 Å². The van der Waals surface area contributed by atoms with Crippen LogP contribution in [0.4, 0.5) is 0 Å². The van der Waals surface area contributed by atoms with Crippen LogP contribution in [0, 0.1) is 17.8 Å². The Morgan fingerprint density at radius 3 is 2.44 bits per heavy atom. The van der Waals surface area contributed by atoms with Gasteiger partial charge in [0.1, 0.15) is 0 Å². The third kappa shape index (κ3) is 2.02. The third-order valence-electron chi connectivity index (χ3n) is 5.12. The fraction of sp³-hybridized carbons (Fsp3) is 1.00. The summed E-state index contributed by atoms with van der Waals surface area (Å²) >= 11 is 0. The van der Waals surface area contributed by atoms with E-state index < -0.39 is 0 Å². The molecule has 1 saturated heterocycles. The van der Waals surface area contributed by atoms with Gasteiger partial charge >= 0.3 is 0 Å². The Hall–Kier alpha value is -0.0800. The first-order chi connectivity index (χ1) is 7.58. The minimum atomic E-state index is 0.322. The molecule has 16 heavy (non-hydrogen) atoms. The molecule has 2 nitrogen and oxygen atoms in total. The van der Waals surface area contributed by atoms with Crippen LogP contribution in [0.15, 0.2) is 0 Å². The lowest BCUT2D eigenvalue weighted by Crippen LogP contribution is -2.59. The van der Waals surface area contributed by atoms with Gasteiger partial charge in [0.25, 0.3) is 0 Å². The molecule has 2 N–H and O–H groups in total. The topological polar surface area (TPSA) is 29.3 Å². The quantitative estimate of drug-likeness (QED) is 0.781. The van der Waals surface area contributed by atoms with E-state index in [1.165, 1.54) is 38.8 Å². The van der Waals surface area contributed by atoms with Crippen molar-refractivity contribution in [2.24, 2.45) is 23.5 Å². The third-order valence-corrected chi connectivity index (χ3v) is 5.12. The summed E-state index contributed by atoms with van der Waals surface area (Å²) in [6.07, 6.45) is 5.44. The van der Waals surface area contributed by atoms with Crippen LogP contribution in [-0.2, 0) is 0 Å². The Morgan fingerprint density at radius 1 is 1.12 bits per heavy atom. The van der Waals surface area contributed by atoms with Crippen molar-refractivity contribution in [3.63, 3.8) is 0 Å². The summed E-state index contributed by atoms with van der Waals surface area (Å²) in [5.74, 6) is 2.50. The van der Waals surface area contributed by atoms with Gasteiger partial charge in [-0.2, -0.15) is 0 Å². The maximum absolute atomic E-state index is 6.17. The van der Waals surface area contributed by atoms with E-state index in [0.717, 1.165) is 24.3 Å². The van der Waals surface area contributed by atoms with Gasteiger partial charge in [0.05, 0.1) is 0 Å².